The van der Waals surface area contributed by atoms with Gasteiger partial charge in [-0.2, -0.15) is 5.10 Å². The number of rotatable bonds is 6. The number of hydrogen-bond donors (Lipinski definition) is 3. The van der Waals surface area contributed by atoms with E-state index in [4.69, 9.17) is 17.0 Å². The number of aromatic amines is 1. The van der Waals surface area contributed by atoms with E-state index in [1.165, 1.54) is 0 Å². The minimum absolute atomic E-state index is 0.0261. The summed E-state index contributed by atoms with van der Waals surface area (Å²) in [4.78, 5) is 12.1. The molecular formula is C16H21N5O2S. The number of aromatic nitrogens is 3. The second kappa shape index (κ2) is 7.14. The Kier molecular flexibility index (Phi) is 4.96. The largest absolute Gasteiger partial charge is 0.377 e. The number of benzene rings is 1. The first kappa shape index (κ1) is 16.7. The van der Waals surface area contributed by atoms with Crippen LogP contribution >= 0.6 is 12.2 Å². The molecule has 1 aliphatic carbocycles. The van der Waals surface area contributed by atoms with E-state index in [9.17, 15) is 4.79 Å². The van der Waals surface area contributed by atoms with Gasteiger partial charge in [-0.15, -0.1) is 0 Å². The van der Waals surface area contributed by atoms with Gasteiger partial charge in [-0.3, -0.25) is 9.67 Å². The van der Waals surface area contributed by atoms with E-state index in [-0.39, 0.29) is 12.1 Å². The summed E-state index contributed by atoms with van der Waals surface area (Å²) in [5.74, 6) is 0.749. The molecule has 2 aromatic rings. The fourth-order valence-corrected chi connectivity index (χ4v) is 2.81. The maximum Gasteiger partial charge on any atom is 0.319 e. The van der Waals surface area contributed by atoms with Gasteiger partial charge >= 0.3 is 6.03 Å². The van der Waals surface area contributed by atoms with Gasteiger partial charge in [-0.05, 0) is 49.7 Å². The molecule has 3 N–H and O–H groups in total. The number of ether oxygens (including phenoxy) is 1. The van der Waals surface area contributed by atoms with Gasteiger partial charge < -0.3 is 15.4 Å². The van der Waals surface area contributed by atoms with Crippen LogP contribution in [0.25, 0.3) is 0 Å². The molecule has 1 aliphatic rings. The zero-order chi connectivity index (χ0) is 17.1. The molecule has 0 saturated heterocycles. The lowest BCUT2D eigenvalue weighted by atomic mass is 10.1. The highest BCUT2D eigenvalue weighted by molar-refractivity contribution is 7.71. The van der Waals surface area contributed by atoms with Gasteiger partial charge in [0.2, 0.25) is 0 Å². The van der Waals surface area contributed by atoms with Crippen molar-refractivity contribution in [2.24, 2.45) is 0 Å². The molecule has 128 valence electrons. The quantitative estimate of drug-likeness (QED) is 0.700. The first-order chi connectivity index (χ1) is 11.6. The lowest BCUT2D eigenvalue weighted by Gasteiger charge is -2.12. The van der Waals surface area contributed by atoms with Gasteiger partial charge in [0, 0.05) is 18.8 Å². The van der Waals surface area contributed by atoms with Crippen LogP contribution in [0.5, 0.6) is 0 Å². The van der Waals surface area contributed by atoms with E-state index in [2.05, 4.69) is 20.8 Å². The van der Waals surface area contributed by atoms with Crippen molar-refractivity contribution in [3.05, 3.63) is 40.4 Å². The van der Waals surface area contributed by atoms with Crippen molar-refractivity contribution in [2.45, 2.75) is 38.5 Å². The Hall–Kier alpha value is -2.19. The van der Waals surface area contributed by atoms with Gasteiger partial charge in [0.15, 0.2) is 10.6 Å². The zero-order valence-electron chi connectivity index (χ0n) is 13.7. The Bertz CT molecular complexity index is 781. The van der Waals surface area contributed by atoms with Crippen molar-refractivity contribution in [1.82, 2.24) is 20.1 Å². The second-order valence-corrected chi connectivity index (χ2v) is 6.24. The van der Waals surface area contributed by atoms with Crippen molar-refractivity contribution in [3.63, 3.8) is 0 Å². The third-order valence-electron chi connectivity index (χ3n) is 4.06. The first-order valence-corrected chi connectivity index (χ1v) is 8.32. The molecular weight excluding hydrogens is 326 g/mol. The summed E-state index contributed by atoms with van der Waals surface area (Å²) in [6.45, 7) is 2.28. The molecule has 3 rings (SSSR count). The van der Waals surface area contributed by atoms with E-state index in [0.717, 1.165) is 29.9 Å². The van der Waals surface area contributed by atoms with Crippen molar-refractivity contribution in [1.29, 1.82) is 0 Å². The maximum atomic E-state index is 12.1. The Balaban J connectivity index is 1.59. The van der Waals surface area contributed by atoms with Gasteiger partial charge in [0.25, 0.3) is 0 Å². The molecule has 0 aliphatic heterocycles. The molecule has 0 radical (unpaired) electrons. The van der Waals surface area contributed by atoms with Gasteiger partial charge in [0.05, 0.1) is 12.6 Å². The lowest BCUT2D eigenvalue weighted by molar-refractivity contribution is 0.119. The normalized spacial score (nSPS) is 15.1. The third kappa shape index (κ3) is 3.82. The van der Waals surface area contributed by atoms with Gasteiger partial charge in [-0.1, -0.05) is 12.1 Å². The van der Waals surface area contributed by atoms with E-state index in [0.29, 0.717) is 17.4 Å². The lowest BCUT2D eigenvalue weighted by Crippen LogP contribution is -2.29. The predicted molar refractivity (Wildman–Crippen MR) is 93.4 cm³/mol. The highest BCUT2D eigenvalue weighted by Gasteiger charge is 2.27. The number of anilines is 1. The average Bonchev–Trinajstić information content (AvgIpc) is 3.35. The van der Waals surface area contributed by atoms with Crippen LogP contribution in [0.15, 0.2) is 24.3 Å². The fourth-order valence-electron chi connectivity index (χ4n) is 2.51. The van der Waals surface area contributed by atoms with E-state index < -0.39 is 0 Å². The second-order valence-electron chi connectivity index (χ2n) is 5.86. The number of carbonyl (C=O) groups is 1. The molecule has 1 saturated carbocycles. The highest BCUT2D eigenvalue weighted by atomic mass is 32.1. The summed E-state index contributed by atoms with van der Waals surface area (Å²) >= 11 is 5.23. The van der Waals surface area contributed by atoms with Crippen molar-refractivity contribution in [3.8, 4) is 0 Å². The van der Waals surface area contributed by atoms with E-state index >= 15 is 0 Å². The summed E-state index contributed by atoms with van der Waals surface area (Å²) < 4.78 is 7.88. The zero-order valence-corrected chi connectivity index (χ0v) is 14.5. The Morgan fingerprint density at radius 1 is 1.54 bits per heavy atom. The van der Waals surface area contributed by atoms with Crippen LogP contribution in [0, 0.1) is 4.77 Å². The Morgan fingerprint density at radius 3 is 3.04 bits per heavy atom. The minimum atomic E-state index is -0.284. The number of hydrogen-bond acceptors (Lipinski definition) is 4. The van der Waals surface area contributed by atoms with Gasteiger partial charge in [-0.25, -0.2) is 4.79 Å². The van der Waals surface area contributed by atoms with Crippen LogP contribution in [0.2, 0.25) is 0 Å². The van der Waals surface area contributed by atoms with Crippen LogP contribution in [-0.4, -0.2) is 27.9 Å². The number of amides is 2. The van der Waals surface area contributed by atoms with Crippen LogP contribution in [-0.2, 0) is 11.3 Å². The monoisotopic (exact) mass is 347 g/mol. The molecule has 0 unspecified atom stereocenters. The molecule has 8 heteroatoms. The molecule has 0 spiro atoms. The number of carbonyl (C=O) groups excluding carboxylic acids is 1. The van der Waals surface area contributed by atoms with Crippen LogP contribution in [0.1, 0.15) is 43.3 Å². The summed E-state index contributed by atoms with van der Waals surface area (Å²) in [6, 6.07) is 7.72. The molecule has 1 aromatic carbocycles. The molecule has 1 heterocycles. The molecule has 24 heavy (non-hydrogen) atoms. The van der Waals surface area contributed by atoms with Crippen molar-refractivity contribution < 1.29 is 9.53 Å². The molecule has 1 atom stereocenters. The van der Waals surface area contributed by atoms with Crippen LogP contribution in [0.3, 0.4) is 0 Å². The number of nitrogens with zero attached hydrogens (tertiary/aromatic N) is 2. The highest BCUT2D eigenvalue weighted by Crippen LogP contribution is 2.35. The summed E-state index contributed by atoms with van der Waals surface area (Å²) in [5, 5.41) is 12.6. The Morgan fingerprint density at radius 2 is 2.33 bits per heavy atom. The van der Waals surface area contributed by atoms with Crippen molar-refractivity contribution >= 4 is 23.9 Å². The number of H-pyrrole nitrogens is 1. The molecule has 2 amide bonds. The Labute approximate surface area is 145 Å². The fraction of sp³-hybridized carbons (Fsp3) is 0.438. The number of nitrogens with one attached hydrogen (secondary N) is 3. The third-order valence-corrected chi connectivity index (χ3v) is 4.35. The molecule has 1 aromatic heterocycles. The first-order valence-electron chi connectivity index (χ1n) is 7.92. The van der Waals surface area contributed by atoms with Crippen LogP contribution in [0.4, 0.5) is 10.5 Å². The molecule has 7 nitrogen and oxygen atoms in total. The topological polar surface area (TPSA) is 84.0 Å². The predicted octanol–water partition coefficient (Wildman–Crippen LogP) is 3.30. The van der Waals surface area contributed by atoms with Gasteiger partial charge in [0.1, 0.15) is 0 Å². The molecule has 0 bridgehead atoms. The van der Waals surface area contributed by atoms with Crippen molar-refractivity contribution in [2.75, 3.05) is 12.4 Å². The molecule has 1 fully saturated rings. The van der Waals surface area contributed by atoms with E-state index in [1.807, 2.05) is 35.8 Å². The summed E-state index contributed by atoms with van der Waals surface area (Å²) in [6.07, 6.45) is 2.19. The minimum Gasteiger partial charge on any atom is -0.377 e. The smallest absolute Gasteiger partial charge is 0.319 e. The van der Waals surface area contributed by atoms with Crippen LogP contribution < -0.4 is 10.6 Å². The number of urea groups is 1. The number of methoxy groups -OCH3 is 1. The summed E-state index contributed by atoms with van der Waals surface area (Å²) in [7, 11) is 1.66. The SMILES string of the molecule is CO[C@@H](C)c1cccc(NC(=O)NCc2n[nH]c(=S)n2C2CC2)c1. The summed E-state index contributed by atoms with van der Waals surface area (Å²) in [5.41, 5.74) is 1.72. The maximum absolute atomic E-state index is 12.1. The average molecular weight is 347 g/mol. The standard InChI is InChI=1S/C16H21N5O2S/c1-10(23-2)11-4-3-5-12(8-11)18-15(22)17-9-14-19-20-16(24)21(14)13-6-7-13/h3-5,8,10,13H,6-7,9H2,1-2H3,(H,20,24)(H2,17,18,22)/t10-/m0/s1. The van der Waals surface area contributed by atoms with E-state index in [1.54, 1.807) is 7.11 Å².